The maximum Gasteiger partial charge on any atom is 0.338 e. The molecule has 1 aliphatic carbocycles. The molecule has 2 aliphatic rings. The predicted octanol–water partition coefficient (Wildman–Crippen LogP) is 4.12. The number of amides is 2. The molecule has 3 heterocycles. The highest BCUT2D eigenvalue weighted by molar-refractivity contribution is 7.23. The van der Waals surface area contributed by atoms with Gasteiger partial charge in [0, 0.05) is 13.8 Å². The number of hydrogen-bond acceptors (Lipinski definition) is 6. The lowest BCUT2D eigenvalue weighted by molar-refractivity contribution is -0.160. The zero-order valence-electron chi connectivity index (χ0n) is 18.2. The van der Waals surface area contributed by atoms with Gasteiger partial charge >= 0.3 is 5.97 Å². The van der Waals surface area contributed by atoms with Crippen LogP contribution in [0.5, 0.6) is 0 Å². The lowest BCUT2D eigenvalue weighted by Crippen LogP contribution is -2.45. The number of aromatic nitrogens is 1. The molecule has 1 saturated heterocycles. The maximum absolute atomic E-state index is 13.0. The molecule has 0 spiro atoms. The Bertz CT molecular complexity index is 1320. The number of fused-ring (bicyclic) bond motifs is 2. The molecule has 1 aromatic carbocycles. The number of esters is 1. The number of rotatable bonds is 5. The van der Waals surface area contributed by atoms with E-state index in [0.29, 0.717) is 27.0 Å². The van der Waals surface area contributed by atoms with Crippen LogP contribution in [0.15, 0.2) is 30.3 Å². The van der Waals surface area contributed by atoms with Crippen LogP contribution in [-0.2, 0) is 25.5 Å². The van der Waals surface area contributed by atoms with Gasteiger partial charge in [0.05, 0.1) is 33.7 Å². The number of hydrogen-bond donors (Lipinski definition) is 3. The minimum Gasteiger partial charge on any atom is -0.432 e. The van der Waals surface area contributed by atoms with E-state index < -0.39 is 23.9 Å². The molecule has 5 rings (SSSR count). The number of carbonyl (C=O) groups is 3. The van der Waals surface area contributed by atoms with Gasteiger partial charge in [-0.1, -0.05) is 47.5 Å². The lowest BCUT2D eigenvalue weighted by atomic mass is 10.1. The molecule has 11 heteroatoms. The molecule has 0 radical (unpaired) electrons. The van der Waals surface area contributed by atoms with Gasteiger partial charge < -0.3 is 25.1 Å². The molecule has 3 atom stereocenters. The molecule has 1 aliphatic heterocycles. The number of aromatic amines is 1. The van der Waals surface area contributed by atoms with Gasteiger partial charge in [0.1, 0.15) is 10.0 Å². The van der Waals surface area contributed by atoms with E-state index >= 15 is 0 Å². The number of nitrogens with one attached hydrogen (secondary N) is 3. The van der Waals surface area contributed by atoms with Gasteiger partial charge in [0.25, 0.3) is 5.91 Å². The van der Waals surface area contributed by atoms with Crippen molar-refractivity contribution in [2.45, 2.75) is 50.7 Å². The van der Waals surface area contributed by atoms with Gasteiger partial charge in [-0.25, -0.2) is 4.79 Å². The smallest absolute Gasteiger partial charge is 0.338 e. The van der Waals surface area contributed by atoms with Crippen molar-refractivity contribution in [3.05, 3.63) is 56.5 Å². The minimum absolute atomic E-state index is 0.173. The summed E-state index contributed by atoms with van der Waals surface area (Å²) in [5, 5.41) is 6.37. The lowest BCUT2D eigenvalue weighted by Gasteiger charge is -2.23. The van der Waals surface area contributed by atoms with Crippen molar-refractivity contribution in [1.29, 1.82) is 0 Å². The SMILES string of the molecule is CC1(C)OC(=O)[C@@H](CC(=O)N[C@@H]2c3ccccc3C[C@H]2NC(=O)c2cc3sc(Cl)c(Cl)c3[nH]2)O1. The van der Waals surface area contributed by atoms with Crippen LogP contribution in [0.25, 0.3) is 10.2 Å². The molecular formula is C23H21Cl2N3O5S. The number of thiophene rings is 1. The Kier molecular flexibility index (Phi) is 5.84. The molecule has 0 saturated carbocycles. The number of cyclic esters (lactones) is 1. The fourth-order valence-corrected chi connectivity index (χ4v) is 5.92. The van der Waals surface area contributed by atoms with Crippen molar-refractivity contribution in [2.75, 3.05) is 0 Å². The van der Waals surface area contributed by atoms with Gasteiger partial charge in [0.15, 0.2) is 6.10 Å². The normalized spacial score (nSPS) is 23.1. The van der Waals surface area contributed by atoms with Crippen LogP contribution in [0.4, 0.5) is 0 Å². The van der Waals surface area contributed by atoms with Gasteiger partial charge in [0.2, 0.25) is 11.7 Å². The van der Waals surface area contributed by atoms with E-state index in [1.54, 1.807) is 19.9 Å². The Balaban J connectivity index is 1.32. The van der Waals surface area contributed by atoms with E-state index in [-0.39, 0.29) is 24.3 Å². The Morgan fingerprint density at radius 2 is 2.00 bits per heavy atom. The summed E-state index contributed by atoms with van der Waals surface area (Å²) in [6, 6.07) is 8.53. The summed E-state index contributed by atoms with van der Waals surface area (Å²) in [4.78, 5) is 40.9. The number of benzene rings is 1. The molecule has 2 aromatic heterocycles. The van der Waals surface area contributed by atoms with E-state index in [4.69, 9.17) is 32.7 Å². The summed E-state index contributed by atoms with van der Waals surface area (Å²) in [7, 11) is 0. The molecule has 0 bridgehead atoms. The van der Waals surface area contributed by atoms with E-state index in [1.165, 1.54) is 11.3 Å². The van der Waals surface area contributed by atoms with Crippen LogP contribution in [0, 0.1) is 0 Å². The quantitative estimate of drug-likeness (QED) is 0.437. The second kappa shape index (κ2) is 8.57. The van der Waals surface area contributed by atoms with Crippen LogP contribution in [0.2, 0.25) is 9.36 Å². The first-order chi connectivity index (χ1) is 16.1. The third-order valence-electron chi connectivity index (χ3n) is 5.89. The Morgan fingerprint density at radius 1 is 1.24 bits per heavy atom. The van der Waals surface area contributed by atoms with Crippen molar-refractivity contribution in [3.63, 3.8) is 0 Å². The number of carbonyl (C=O) groups excluding carboxylic acids is 3. The van der Waals surface area contributed by atoms with E-state index in [2.05, 4.69) is 15.6 Å². The molecule has 0 unspecified atom stereocenters. The van der Waals surface area contributed by atoms with Crippen LogP contribution >= 0.6 is 34.5 Å². The first-order valence-corrected chi connectivity index (χ1v) is 12.2. The van der Waals surface area contributed by atoms with Gasteiger partial charge in [-0.3, -0.25) is 9.59 Å². The summed E-state index contributed by atoms with van der Waals surface area (Å²) in [6.07, 6.45) is -0.597. The second-order valence-electron chi connectivity index (χ2n) is 8.77. The van der Waals surface area contributed by atoms with Crippen LogP contribution in [0.3, 0.4) is 0 Å². The molecule has 2 amide bonds. The van der Waals surface area contributed by atoms with E-state index in [9.17, 15) is 14.4 Å². The third-order valence-corrected chi connectivity index (χ3v) is 7.82. The summed E-state index contributed by atoms with van der Waals surface area (Å²) in [5.74, 6) is -2.32. The highest BCUT2D eigenvalue weighted by atomic mass is 35.5. The fraction of sp³-hybridized carbons (Fsp3) is 0.348. The van der Waals surface area contributed by atoms with Crippen molar-refractivity contribution < 1.29 is 23.9 Å². The molecule has 3 N–H and O–H groups in total. The predicted molar refractivity (Wildman–Crippen MR) is 128 cm³/mol. The zero-order chi connectivity index (χ0) is 24.2. The van der Waals surface area contributed by atoms with E-state index in [1.807, 2.05) is 24.3 Å². The molecule has 8 nitrogen and oxygen atoms in total. The monoisotopic (exact) mass is 521 g/mol. The van der Waals surface area contributed by atoms with Crippen LogP contribution in [-0.4, -0.2) is 40.7 Å². The highest BCUT2D eigenvalue weighted by Gasteiger charge is 2.43. The van der Waals surface area contributed by atoms with Crippen LogP contribution < -0.4 is 10.6 Å². The summed E-state index contributed by atoms with van der Waals surface area (Å²) >= 11 is 13.5. The zero-order valence-corrected chi connectivity index (χ0v) is 20.6. The Labute approximate surface area is 208 Å². The maximum atomic E-state index is 13.0. The Morgan fingerprint density at radius 3 is 2.71 bits per heavy atom. The average Bonchev–Trinajstić information content (AvgIpc) is 3.46. The number of ether oxygens (including phenoxy) is 2. The molecule has 3 aromatic rings. The highest BCUT2D eigenvalue weighted by Crippen LogP contribution is 2.39. The van der Waals surface area contributed by atoms with Gasteiger partial charge in [-0.2, -0.15) is 0 Å². The molecule has 1 fully saturated rings. The largest absolute Gasteiger partial charge is 0.432 e. The van der Waals surface area contributed by atoms with Crippen molar-refractivity contribution >= 4 is 62.5 Å². The van der Waals surface area contributed by atoms with Gasteiger partial charge in [-0.05, 0) is 23.6 Å². The fourth-order valence-electron chi connectivity index (χ4n) is 4.44. The Hall–Kier alpha value is -2.59. The molecule has 178 valence electrons. The second-order valence-corrected chi connectivity index (χ2v) is 10.8. The van der Waals surface area contributed by atoms with Crippen molar-refractivity contribution in [1.82, 2.24) is 15.6 Å². The van der Waals surface area contributed by atoms with Crippen LogP contribution in [0.1, 0.15) is 47.9 Å². The number of halogens is 2. The third kappa shape index (κ3) is 4.29. The average molecular weight is 522 g/mol. The standard InChI is InChI=1S/C23H21Cl2N3O5S/c1-23(2)32-14(22(31)33-23)9-16(29)28-18-11-6-4-3-5-10(11)7-12(18)27-21(30)13-8-15-19(26-13)17(24)20(25)34-15/h3-6,8,12,14,18,26H,7,9H2,1-2H3,(H,27,30)(H,28,29)/t12-,14-,18-/m1/s1. The molecular weight excluding hydrogens is 501 g/mol. The summed E-state index contributed by atoms with van der Waals surface area (Å²) < 4.78 is 11.9. The topological polar surface area (TPSA) is 110 Å². The number of H-pyrrole nitrogens is 1. The first-order valence-electron chi connectivity index (χ1n) is 10.7. The van der Waals surface area contributed by atoms with Gasteiger partial charge in [-0.15, -0.1) is 11.3 Å². The summed E-state index contributed by atoms with van der Waals surface area (Å²) in [6.45, 7) is 3.24. The van der Waals surface area contributed by atoms with Crippen molar-refractivity contribution in [2.24, 2.45) is 0 Å². The van der Waals surface area contributed by atoms with Crippen molar-refractivity contribution in [3.8, 4) is 0 Å². The van der Waals surface area contributed by atoms with E-state index in [0.717, 1.165) is 15.8 Å². The summed E-state index contributed by atoms with van der Waals surface area (Å²) in [5.41, 5.74) is 2.91. The molecule has 34 heavy (non-hydrogen) atoms. The first kappa shape index (κ1) is 23.2. The minimum atomic E-state index is -1.06.